The predicted octanol–water partition coefficient (Wildman–Crippen LogP) is 5.03. The molecular formula is C24H22N2O3S. The quantitative estimate of drug-likeness (QED) is 0.398. The van der Waals surface area contributed by atoms with Crippen LogP contribution in [-0.2, 0) is 4.79 Å². The van der Waals surface area contributed by atoms with Crippen molar-refractivity contribution in [2.45, 2.75) is 6.92 Å². The Morgan fingerprint density at radius 2 is 1.93 bits per heavy atom. The molecule has 0 radical (unpaired) electrons. The highest BCUT2D eigenvalue weighted by molar-refractivity contribution is 7.10. The number of thiophene rings is 1. The van der Waals surface area contributed by atoms with Gasteiger partial charge in [-0.15, -0.1) is 11.3 Å². The molecule has 0 unspecified atom stereocenters. The zero-order valence-corrected chi connectivity index (χ0v) is 17.4. The molecule has 1 aromatic heterocycles. The first-order valence-corrected chi connectivity index (χ1v) is 10.2. The van der Waals surface area contributed by atoms with Crippen LogP contribution in [0.1, 0.15) is 20.8 Å². The molecule has 5 nitrogen and oxygen atoms in total. The monoisotopic (exact) mass is 418 g/mol. The van der Waals surface area contributed by atoms with Gasteiger partial charge in [0.1, 0.15) is 18.1 Å². The molecule has 0 saturated heterocycles. The van der Waals surface area contributed by atoms with Gasteiger partial charge in [-0.25, -0.2) is 0 Å². The molecule has 2 N–H and O–H groups in total. The molecule has 1 heterocycles. The van der Waals surface area contributed by atoms with Gasteiger partial charge in [0.05, 0.1) is 0 Å². The third-order valence-corrected chi connectivity index (χ3v) is 4.99. The Kier molecular flexibility index (Phi) is 7.19. The highest BCUT2D eigenvalue weighted by Crippen LogP contribution is 2.19. The number of hydrogen-bond donors (Lipinski definition) is 2. The number of aryl methyl sites for hydroxylation is 1. The van der Waals surface area contributed by atoms with Crippen molar-refractivity contribution in [3.8, 4) is 5.75 Å². The van der Waals surface area contributed by atoms with Crippen LogP contribution in [0.3, 0.4) is 0 Å². The number of carbonyl (C=O) groups is 2. The lowest BCUT2D eigenvalue weighted by molar-refractivity contribution is -0.113. The van der Waals surface area contributed by atoms with Crippen molar-refractivity contribution >= 4 is 34.9 Å². The van der Waals surface area contributed by atoms with E-state index in [1.807, 2.05) is 36.6 Å². The van der Waals surface area contributed by atoms with Gasteiger partial charge in [0.15, 0.2) is 0 Å². The maximum absolute atomic E-state index is 13.0. The molecule has 152 valence electrons. The van der Waals surface area contributed by atoms with Crippen LogP contribution in [0, 0.1) is 6.92 Å². The average Bonchev–Trinajstić information content (AvgIpc) is 3.25. The molecule has 30 heavy (non-hydrogen) atoms. The van der Waals surface area contributed by atoms with E-state index in [-0.39, 0.29) is 11.6 Å². The summed E-state index contributed by atoms with van der Waals surface area (Å²) in [6.07, 6.45) is 3.31. The fourth-order valence-electron chi connectivity index (χ4n) is 2.71. The first kappa shape index (κ1) is 21.1. The molecule has 0 atom stereocenters. The minimum absolute atomic E-state index is 0.156. The van der Waals surface area contributed by atoms with Gasteiger partial charge in [-0.1, -0.05) is 43.0 Å². The number of amides is 2. The summed E-state index contributed by atoms with van der Waals surface area (Å²) in [5.41, 5.74) is 2.06. The fraction of sp³-hybridized carbons (Fsp3) is 0.0833. The fourth-order valence-corrected chi connectivity index (χ4v) is 3.37. The van der Waals surface area contributed by atoms with E-state index in [1.54, 1.807) is 48.6 Å². The van der Waals surface area contributed by atoms with Crippen LogP contribution >= 0.6 is 11.3 Å². The number of carbonyl (C=O) groups excluding carboxylic acids is 2. The van der Waals surface area contributed by atoms with Gasteiger partial charge in [0.2, 0.25) is 0 Å². The second kappa shape index (κ2) is 10.2. The summed E-state index contributed by atoms with van der Waals surface area (Å²) in [4.78, 5) is 26.6. The zero-order chi connectivity index (χ0) is 21.3. The average molecular weight is 419 g/mol. The lowest BCUT2D eigenvalue weighted by Gasteiger charge is -2.13. The minimum atomic E-state index is -0.425. The minimum Gasteiger partial charge on any atom is -0.489 e. The van der Waals surface area contributed by atoms with Gasteiger partial charge < -0.3 is 15.4 Å². The van der Waals surface area contributed by atoms with Crippen molar-refractivity contribution in [2.75, 3.05) is 11.9 Å². The van der Waals surface area contributed by atoms with E-state index in [2.05, 4.69) is 17.2 Å². The summed E-state index contributed by atoms with van der Waals surface area (Å²) in [5.74, 6) is -0.152. The maximum Gasteiger partial charge on any atom is 0.272 e. The maximum atomic E-state index is 13.0. The number of rotatable bonds is 8. The Labute approximate surface area is 179 Å². The van der Waals surface area contributed by atoms with Crippen molar-refractivity contribution in [1.82, 2.24) is 5.32 Å². The Balaban J connectivity index is 1.82. The first-order chi connectivity index (χ1) is 14.6. The van der Waals surface area contributed by atoms with E-state index in [0.29, 0.717) is 23.6 Å². The summed E-state index contributed by atoms with van der Waals surface area (Å²) in [7, 11) is 0. The Morgan fingerprint density at radius 1 is 1.10 bits per heavy atom. The van der Waals surface area contributed by atoms with Gasteiger partial charge >= 0.3 is 0 Å². The molecular weight excluding hydrogens is 396 g/mol. The highest BCUT2D eigenvalue weighted by atomic mass is 32.1. The lowest BCUT2D eigenvalue weighted by atomic mass is 10.1. The summed E-state index contributed by atoms with van der Waals surface area (Å²) in [6, 6.07) is 18.0. The smallest absolute Gasteiger partial charge is 0.272 e. The lowest BCUT2D eigenvalue weighted by Crippen LogP contribution is -2.31. The molecule has 0 fully saturated rings. The molecule has 0 aliphatic heterocycles. The standard InChI is InChI=1S/C24H22N2O3S/c1-3-13-29-19-10-6-9-18(15-19)25-24(28)22(16-20-11-7-14-30-20)26-23(27)21-12-5-4-8-17(21)2/h3-12,14-16H,1,13H2,2H3,(H,25,28)(H,26,27)/b22-16-. The van der Waals surface area contributed by atoms with Crippen LogP contribution in [-0.4, -0.2) is 18.4 Å². The van der Waals surface area contributed by atoms with E-state index in [9.17, 15) is 9.59 Å². The number of ether oxygens (including phenoxy) is 1. The molecule has 0 aliphatic rings. The molecule has 0 aliphatic carbocycles. The summed E-state index contributed by atoms with van der Waals surface area (Å²) in [5, 5.41) is 7.48. The Morgan fingerprint density at radius 3 is 2.67 bits per heavy atom. The molecule has 2 aromatic carbocycles. The summed E-state index contributed by atoms with van der Waals surface area (Å²) < 4.78 is 5.51. The number of benzene rings is 2. The number of nitrogens with one attached hydrogen (secondary N) is 2. The normalized spacial score (nSPS) is 10.9. The molecule has 6 heteroatoms. The molecule has 0 saturated carbocycles. The van der Waals surface area contributed by atoms with Crippen LogP contribution in [0.5, 0.6) is 5.75 Å². The zero-order valence-electron chi connectivity index (χ0n) is 16.6. The Hall–Kier alpha value is -3.64. The van der Waals surface area contributed by atoms with Gasteiger partial charge in [-0.2, -0.15) is 0 Å². The van der Waals surface area contributed by atoms with Crippen LogP contribution in [0.4, 0.5) is 5.69 Å². The van der Waals surface area contributed by atoms with Crippen LogP contribution < -0.4 is 15.4 Å². The van der Waals surface area contributed by atoms with Crippen molar-refractivity contribution in [2.24, 2.45) is 0 Å². The summed E-state index contributed by atoms with van der Waals surface area (Å²) in [6.45, 7) is 5.84. The van der Waals surface area contributed by atoms with Crippen molar-refractivity contribution in [3.05, 3.63) is 100 Å². The van der Waals surface area contributed by atoms with E-state index in [4.69, 9.17) is 4.74 Å². The SMILES string of the molecule is C=CCOc1cccc(NC(=O)/C(=C/c2cccs2)NC(=O)c2ccccc2C)c1. The van der Waals surface area contributed by atoms with E-state index in [0.717, 1.165) is 10.4 Å². The Bertz CT molecular complexity index is 1070. The third-order valence-electron chi connectivity index (χ3n) is 4.17. The first-order valence-electron chi connectivity index (χ1n) is 9.34. The largest absolute Gasteiger partial charge is 0.489 e. The highest BCUT2D eigenvalue weighted by Gasteiger charge is 2.16. The van der Waals surface area contributed by atoms with Crippen molar-refractivity contribution in [3.63, 3.8) is 0 Å². The summed E-state index contributed by atoms with van der Waals surface area (Å²) >= 11 is 1.48. The number of hydrogen-bond acceptors (Lipinski definition) is 4. The van der Waals surface area contributed by atoms with Crippen molar-refractivity contribution < 1.29 is 14.3 Å². The molecule has 0 bridgehead atoms. The van der Waals surface area contributed by atoms with E-state index < -0.39 is 5.91 Å². The van der Waals surface area contributed by atoms with Gasteiger partial charge in [-0.3, -0.25) is 9.59 Å². The van der Waals surface area contributed by atoms with E-state index >= 15 is 0 Å². The topological polar surface area (TPSA) is 67.4 Å². The third kappa shape index (κ3) is 5.68. The van der Waals surface area contributed by atoms with Gasteiger partial charge in [0.25, 0.3) is 11.8 Å². The molecule has 2 amide bonds. The second-order valence-electron chi connectivity index (χ2n) is 6.42. The van der Waals surface area contributed by atoms with Gasteiger partial charge in [-0.05, 0) is 48.2 Å². The second-order valence-corrected chi connectivity index (χ2v) is 7.40. The van der Waals surface area contributed by atoms with Crippen LogP contribution in [0.2, 0.25) is 0 Å². The predicted molar refractivity (Wildman–Crippen MR) is 122 cm³/mol. The molecule has 3 aromatic rings. The molecule has 3 rings (SSSR count). The molecule has 0 spiro atoms. The van der Waals surface area contributed by atoms with Crippen LogP contribution in [0.15, 0.2) is 84.4 Å². The number of anilines is 1. The van der Waals surface area contributed by atoms with Crippen molar-refractivity contribution in [1.29, 1.82) is 0 Å². The van der Waals surface area contributed by atoms with E-state index in [1.165, 1.54) is 11.3 Å². The van der Waals surface area contributed by atoms with Gasteiger partial charge in [0, 0.05) is 22.2 Å². The van der Waals surface area contributed by atoms with Crippen LogP contribution in [0.25, 0.3) is 6.08 Å².